The highest BCUT2D eigenvalue weighted by molar-refractivity contribution is 5.87. The first-order chi connectivity index (χ1) is 12.3. The van der Waals surface area contributed by atoms with Crippen molar-refractivity contribution in [2.75, 3.05) is 0 Å². The van der Waals surface area contributed by atoms with Gasteiger partial charge in [0.05, 0.1) is 0 Å². The number of nitrogens with one attached hydrogen (secondary N) is 1. The lowest BCUT2D eigenvalue weighted by molar-refractivity contribution is -0.144. The van der Waals surface area contributed by atoms with E-state index in [1.165, 1.54) is 0 Å². The number of carboxylic acid groups (broad SMARTS) is 1. The van der Waals surface area contributed by atoms with Gasteiger partial charge < -0.3 is 21.3 Å². The van der Waals surface area contributed by atoms with Gasteiger partial charge in [-0.2, -0.15) is 0 Å². The molecule has 140 valence electrons. The maximum absolute atomic E-state index is 12.2. The Morgan fingerprint density at radius 3 is 2.42 bits per heavy atom. The molecule has 0 spiro atoms. The van der Waals surface area contributed by atoms with Crippen molar-refractivity contribution in [2.24, 2.45) is 11.7 Å². The fourth-order valence-corrected chi connectivity index (χ4v) is 2.98. The highest BCUT2D eigenvalue weighted by atomic mass is 16.4. The number of benzene rings is 2. The van der Waals surface area contributed by atoms with Gasteiger partial charge >= 0.3 is 5.97 Å². The summed E-state index contributed by atoms with van der Waals surface area (Å²) in [4.78, 5) is 23.5. The lowest BCUT2D eigenvalue weighted by atomic mass is 9.96. The first-order valence-corrected chi connectivity index (χ1v) is 8.73. The molecule has 0 heterocycles. The number of hydrogen-bond acceptors (Lipinski definition) is 4. The van der Waals surface area contributed by atoms with Gasteiger partial charge in [-0.25, -0.2) is 4.79 Å². The number of nitrogens with two attached hydrogens (primary N) is 1. The number of carbonyl (C=O) groups excluding carboxylic acids is 1. The summed E-state index contributed by atoms with van der Waals surface area (Å²) >= 11 is 0. The zero-order chi connectivity index (χ0) is 19.3. The van der Waals surface area contributed by atoms with E-state index in [1.54, 1.807) is 0 Å². The Labute approximate surface area is 153 Å². The minimum atomic E-state index is -1.48. The number of fused-ring (bicyclic) bond motifs is 1. The molecule has 2 unspecified atom stereocenters. The summed E-state index contributed by atoms with van der Waals surface area (Å²) in [5, 5.41) is 23.9. The average molecular weight is 358 g/mol. The Morgan fingerprint density at radius 2 is 1.77 bits per heavy atom. The van der Waals surface area contributed by atoms with Gasteiger partial charge in [-0.3, -0.25) is 4.79 Å². The van der Waals surface area contributed by atoms with Gasteiger partial charge in [0.2, 0.25) is 0 Å². The van der Waals surface area contributed by atoms with E-state index >= 15 is 0 Å². The molecule has 1 amide bonds. The van der Waals surface area contributed by atoms with Crippen LogP contribution < -0.4 is 11.1 Å². The third-order valence-electron chi connectivity index (χ3n) is 4.33. The number of aliphatic carboxylic acids is 1. The van der Waals surface area contributed by atoms with Crippen LogP contribution in [0.15, 0.2) is 42.5 Å². The van der Waals surface area contributed by atoms with Crippen LogP contribution >= 0.6 is 0 Å². The Hall–Kier alpha value is -2.44. The lowest BCUT2D eigenvalue weighted by Gasteiger charge is -2.22. The first-order valence-electron chi connectivity index (χ1n) is 8.73. The summed E-state index contributed by atoms with van der Waals surface area (Å²) in [6.07, 6.45) is -0.896. The molecule has 2 aromatic carbocycles. The normalized spacial score (nSPS) is 14.8. The quantitative estimate of drug-likeness (QED) is 0.573. The highest BCUT2D eigenvalue weighted by Crippen LogP contribution is 2.20. The summed E-state index contributed by atoms with van der Waals surface area (Å²) in [6, 6.07) is 11.7. The largest absolute Gasteiger partial charge is 0.480 e. The molecule has 0 bridgehead atoms. The third kappa shape index (κ3) is 5.03. The fourth-order valence-electron chi connectivity index (χ4n) is 2.98. The summed E-state index contributed by atoms with van der Waals surface area (Å²) in [7, 11) is 0. The second kappa shape index (κ2) is 8.78. The molecule has 26 heavy (non-hydrogen) atoms. The zero-order valence-electron chi connectivity index (χ0n) is 15.1. The second-order valence-electron chi connectivity index (χ2n) is 6.98. The minimum Gasteiger partial charge on any atom is -0.480 e. The molecule has 0 fully saturated rings. The van der Waals surface area contributed by atoms with Crippen molar-refractivity contribution in [3.05, 3.63) is 48.0 Å². The average Bonchev–Trinajstić information content (AvgIpc) is 2.60. The van der Waals surface area contributed by atoms with E-state index in [1.807, 2.05) is 56.3 Å². The number of carboxylic acids is 1. The number of aliphatic hydroxyl groups is 1. The molecule has 0 aliphatic rings. The van der Waals surface area contributed by atoms with Crippen LogP contribution in [0.4, 0.5) is 0 Å². The summed E-state index contributed by atoms with van der Waals surface area (Å²) in [5.74, 6) is -1.79. The molecule has 5 N–H and O–H groups in total. The number of hydrogen-bond donors (Lipinski definition) is 4. The van der Waals surface area contributed by atoms with Crippen molar-refractivity contribution in [3.8, 4) is 0 Å². The maximum Gasteiger partial charge on any atom is 0.326 e. The van der Waals surface area contributed by atoms with Crippen molar-refractivity contribution >= 4 is 22.6 Å². The molecule has 0 aliphatic carbocycles. The highest BCUT2D eigenvalue weighted by Gasteiger charge is 2.28. The predicted octanol–water partition coefficient (Wildman–Crippen LogP) is 1.69. The van der Waals surface area contributed by atoms with E-state index in [-0.39, 0.29) is 12.3 Å². The van der Waals surface area contributed by atoms with Crippen LogP contribution in [-0.2, 0) is 16.0 Å². The number of aliphatic hydroxyl groups excluding tert-OH is 1. The van der Waals surface area contributed by atoms with Gasteiger partial charge in [0, 0.05) is 6.04 Å². The Bertz CT molecular complexity index is 770. The molecule has 0 saturated heterocycles. The first kappa shape index (κ1) is 19.9. The molecule has 6 nitrogen and oxygen atoms in total. The molecule has 0 aromatic heterocycles. The Morgan fingerprint density at radius 1 is 1.12 bits per heavy atom. The molecule has 6 heteroatoms. The molecule has 0 radical (unpaired) electrons. The monoisotopic (exact) mass is 358 g/mol. The van der Waals surface area contributed by atoms with Crippen LogP contribution in [0.25, 0.3) is 10.8 Å². The van der Waals surface area contributed by atoms with Crippen LogP contribution in [0.3, 0.4) is 0 Å². The van der Waals surface area contributed by atoms with Gasteiger partial charge in [-0.15, -0.1) is 0 Å². The smallest absolute Gasteiger partial charge is 0.326 e. The van der Waals surface area contributed by atoms with Crippen LogP contribution in [0, 0.1) is 5.92 Å². The van der Waals surface area contributed by atoms with Gasteiger partial charge in [0.1, 0.15) is 12.1 Å². The van der Waals surface area contributed by atoms with Gasteiger partial charge in [0.15, 0.2) is 0 Å². The Balaban J connectivity index is 2.07. The number of rotatable bonds is 8. The van der Waals surface area contributed by atoms with Crippen LogP contribution in [0.2, 0.25) is 0 Å². The Kier molecular flexibility index (Phi) is 6.71. The maximum atomic E-state index is 12.2. The summed E-state index contributed by atoms with van der Waals surface area (Å²) in [6.45, 7) is 3.73. The molecule has 3 atom stereocenters. The fraction of sp³-hybridized carbons (Fsp3) is 0.400. The van der Waals surface area contributed by atoms with E-state index in [4.69, 9.17) is 5.73 Å². The molecule has 0 aliphatic heterocycles. The van der Waals surface area contributed by atoms with Crippen LogP contribution in [0.1, 0.15) is 25.8 Å². The van der Waals surface area contributed by atoms with E-state index < -0.39 is 30.1 Å². The van der Waals surface area contributed by atoms with Crippen molar-refractivity contribution in [2.45, 2.75) is 44.9 Å². The van der Waals surface area contributed by atoms with E-state index in [0.717, 1.165) is 16.3 Å². The third-order valence-corrected chi connectivity index (χ3v) is 4.33. The van der Waals surface area contributed by atoms with Gasteiger partial charge in [-0.05, 0) is 35.1 Å². The van der Waals surface area contributed by atoms with Crippen LogP contribution in [0.5, 0.6) is 0 Å². The summed E-state index contributed by atoms with van der Waals surface area (Å²) < 4.78 is 0. The molecule has 0 saturated carbocycles. The van der Waals surface area contributed by atoms with Crippen molar-refractivity contribution in [1.29, 1.82) is 0 Å². The molecular formula is C20H26N2O4. The van der Waals surface area contributed by atoms with Gasteiger partial charge in [0.25, 0.3) is 5.91 Å². The number of amides is 1. The van der Waals surface area contributed by atoms with Crippen molar-refractivity contribution in [1.82, 2.24) is 5.32 Å². The topological polar surface area (TPSA) is 113 Å². The molecule has 2 aromatic rings. The number of carbonyl (C=O) groups is 2. The van der Waals surface area contributed by atoms with E-state index in [0.29, 0.717) is 6.42 Å². The SMILES string of the molecule is CC(C)C[C@H](NC(=O)C(O)C(N)Cc1cccc2ccccc12)C(=O)O. The van der Waals surface area contributed by atoms with Crippen molar-refractivity contribution in [3.63, 3.8) is 0 Å². The minimum absolute atomic E-state index is 0.0953. The standard InChI is InChI=1S/C20H26N2O4/c1-12(2)10-17(20(25)26)22-19(24)18(23)16(21)11-14-8-5-7-13-6-3-4-9-15(13)14/h3-9,12,16-18,23H,10-11,21H2,1-2H3,(H,22,24)(H,25,26)/t16?,17-,18?/m0/s1. The van der Waals surface area contributed by atoms with Gasteiger partial charge in [-0.1, -0.05) is 56.3 Å². The second-order valence-corrected chi connectivity index (χ2v) is 6.98. The summed E-state index contributed by atoms with van der Waals surface area (Å²) in [5.41, 5.74) is 6.97. The lowest BCUT2D eigenvalue weighted by Crippen LogP contribution is -2.52. The van der Waals surface area contributed by atoms with E-state index in [9.17, 15) is 19.8 Å². The van der Waals surface area contributed by atoms with Crippen LogP contribution in [-0.4, -0.2) is 40.3 Å². The van der Waals surface area contributed by atoms with Crippen molar-refractivity contribution < 1.29 is 19.8 Å². The predicted molar refractivity (Wildman–Crippen MR) is 101 cm³/mol. The molecular weight excluding hydrogens is 332 g/mol. The van der Waals surface area contributed by atoms with E-state index in [2.05, 4.69) is 5.32 Å². The zero-order valence-corrected chi connectivity index (χ0v) is 15.1. The molecule has 2 rings (SSSR count).